The van der Waals surface area contributed by atoms with E-state index in [2.05, 4.69) is 51.2 Å². The molecule has 0 spiro atoms. The van der Waals surface area contributed by atoms with E-state index in [1.54, 1.807) is 0 Å². The van der Waals surface area contributed by atoms with Gasteiger partial charge in [0, 0.05) is 19.2 Å². The second-order valence-electron chi connectivity index (χ2n) is 6.11. The van der Waals surface area contributed by atoms with Crippen LogP contribution in [0.2, 0.25) is 0 Å². The van der Waals surface area contributed by atoms with Crippen LogP contribution in [0.4, 0.5) is 0 Å². The summed E-state index contributed by atoms with van der Waals surface area (Å²) in [7, 11) is 0. The van der Waals surface area contributed by atoms with Crippen LogP contribution in [-0.4, -0.2) is 18.2 Å². The Morgan fingerprint density at radius 1 is 1.33 bits per heavy atom. The summed E-state index contributed by atoms with van der Waals surface area (Å²) < 4.78 is 5.75. The quantitative estimate of drug-likeness (QED) is 0.884. The van der Waals surface area contributed by atoms with Crippen molar-refractivity contribution in [3.05, 3.63) is 34.9 Å². The molecule has 0 saturated carbocycles. The van der Waals surface area contributed by atoms with Crippen molar-refractivity contribution < 1.29 is 4.74 Å². The molecule has 2 heteroatoms. The topological polar surface area (TPSA) is 21.3 Å². The Labute approximate surface area is 111 Å². The number of nitrogens with one attached hydrogen (secondary N) is 1. The molecule has 2 nitrogen and oxygen atoms in total. The van der Waals surface area contributed by atoms with Gasteiger partial charge in [-0.2, -0.15) is 0 Å². The van der Waals surface area contributed by atoms with Crippen LogP contribution < -0.4 is 5.32 Å². The Balaban J connectivity index is 1.91. The minimum atomic E-state index is 0.0260. The van der Waals surface area contributed by atoms with Crippen LogP contribution in [0, 0.1) is 13.8 Å². The SMILES string of the molecule is Cc1ccc(CNC2CCOC(C)(C)C2)c(C)c1. The lowest BCUT2D eigenvalue weighted by atomic mass is 9.93. The summed E-state index contributed by atoms with van der Waals surface area (Å²) in [5.74, 6) is 0. The van der Waals surface area contributed by atoms with Crippen LogP contribution in [0.1, 0.15) is 43.4 Å². The average molecular weight is 247 g/mol. The van der Waals surface area contributed by atoms with Gasteiger partial charge in [0.15, 0.2) is 0 Å². The smallest absolute Gasteiger partial charge is 0.0641 e. The number of benzene rings is 1. The van der Waals surface area contributed by atoms with Crippen LogP contribution in [-0.2, 0) is 11.3 Å². The van der Waals surface area contributed by atoms with Crippen molar-refractivity contribution >= 4 is 0 Å². The van der Waals surface area contributed by atoms with E-state index in [1.165, 1.54) is 16.7 Å². The molecule has 1 heterocycles. The van der Waals surface area contributed by atoms with Crippen molar-refractivity contribution in [1.29, 1.82) is 0 Å². The third-order valence-corrected chi connectivity index (χ3v) is 3.78. The highest BCUT2D eigenvalue weighted by Gasteiger charge is 2.28. The lowest BCUT2D eigenvalue weighted by Gasteiger charge is -2.36. The molecule has 2 rings (SSSR count). The van der Waals surface area contributed by atoms with Crippen LogP contribution in [0.15, 0.2) is 18.2 Å². The molecule has 0 aromatic heterocycles. The van der Waals surface area contributed by atoms with E-state index in [0.717, 1.165) is 26.0 Å². The van der Waals surface area contributed by atoms with Crippen molar-refractivity contribution in [3.63, 3.8) is 0 Å². The van der Waals surface area contributed by atoms with E-state index < -0.39 is 0 Å². The third-order valence-electron chi connectivity index (χ3n) is 3.78. The maximum atomic E-state index is 5.75. The van der Waals surface area contributed by atoms with Crippen LogP contribution in [0.25, 0.3) is 0 Å². The number of ether oxygens (including phenoxy) is 1. The monoisotopic (exact) mass is 247 g/mol. The van der Waals surface area contributed by atoms with E-state index >= 15 is 0 Å². The Morgan fingerprint density at radius 2 is 2.11 bits per heavy atom. The minimum Gasteiger partial charge on any atom is -0.375 e. The van der Waals surface area contributed by atoms with Gasteiger partial charge in [-0.15, -0.1) is 0 Å². The van der Waals surface area contributed by atoms with Gasteiger partial charge >= 0.3 is 0 Å². The molecule has 0 radical (unpaired) electrons. The fourth-order valence-electron chi connectivity index (χ4n) is 2.70. The van der Waals surface area contributed by atoms with Gasteiger partial charge in [0.1, 0.15) is 0 Å². The fraction of sp³-hybridized carbons (Fsp3) is 0.625. The molecule has 1 atom stereocenters. The van der Waals surface area contributed by atoms with Crippen LogP contribution >= 0.6 is 0 Å². The minimum absolute atomic E-state index is 0.0260. The maximum absolute atomic E-state index is 5.75. The molecule has 1 saturated heterocycles. The maximum Gasteiger partial charge on any atom is 0.0641 e. The summed E-state index contributed by atoms with van der Waals surface area (Å²) in [5, 5.41) is 3.67. The van der Waals surface area contributed by atoms with Gasteiger partial charge < -0.3 is 10.1 Å². The largest absolute Gasteiger partial charge is 0.375 e. The number of hydrogen-bond donors (Lipinski definition) is 1. The standard InChI is InChI=1S/C16H25NO/c1-12-5-6-14(13(2)9-12)11-17-15-7-8-18-16(3,4)10-15/h5-6,9,15,17H,7-8,10-11H2,1-4H3. The zero-order chi connectivity index (χ0) is 13.2. The molecule has 1 aromatic rings. The molecule has 1 aliphatic heterocycles. The lowest BCUT2D eigenvalue weighted by Crippen LogP contribution is -2.43. The Morgan fingerprint density at radius 3 is 2.78 bits per heavy atom. The zero-order valence-corrected chi connectivity index (χ0v) is 12.0. The van der Waals surface area contributed by atoms with E-state index in [-0.39, 0.29) is 5.60 Å². The van der Waals surface area contributed by atoms with Crippen molar-refractivity contribution in [2.45, 2.75) is 58.7 Å². The molecule has 1 unspecified atom stereocenters. The van der Waals surface area contributed by atoms with Gasteiger partial charge in [-0.25, -0.2) is 0 Å². The fourth-order valence-corrected chi connectivity index (χ4v) is 2.70. The molecule has 0 bridgehead atoms. The highest BCUT2D eigenvalue weighted by molar-refractivity contribution is 5.30. The van der Waals surface area contributed by atoms with Gasteiger partial charge in [0.05, 0.1) is 5.60 Å². The number of hydrogen-bond acceptors (Lipinski definition) is 2. The normalized spacial score (nSPS) is 23.0. The van der Waals surface area contributed by atoms with E-state index in [1.807, 2.05) is 0 Å². The second-order valence-corrected chi connectivity index (χ2v) is 6.11. The van der Waals surface area contributed by atoms with Gasteiger partial charge in [-0.05, 0) is 51.7 Å². The zero-order valence-electron chi connectivity index (χ0n) is 12.0. The van der Waals surface area contributed by atoms with E-state index in [0.29, 0.717) is 6.04 Å². The molecule has 1 aromatic carbocycles. The number of rotatable bonds is 3. The average Bonchev–Trinajstić information content (AvgIpc) is 2.26. The molecule has 1 aliphatic rings. The summed E-state index contributed by atoms with van der Waals surface area (Å²) in [4.78, 5) is 0. The summed E-state index contributed by atoms with van der Waals surface area (Å²) in [6, 6.07) is 7.26. The predicted octanol–water partition coefficient (Wildman–Crippen LogP) is 3.35. The molecule has 0 aliphatic carbocycles. The van der Waals surface area contributed by atoms with Crippen molar-refractivity contribution in [1.82, 2.24) is 5.32 Å². The van der Waals surface area contributed by atoms with Gasteiger partial charge in [-0.3, -0.25) is 0 Å². The summed E-state index contributed by atoms with van der Waals surface area (Å²) in [5.41, 5.74) is 4.15. The molecular weight excluding hydrogens is 222 g/mol. The highest BCUT2D eigenvalue weighted by Crippen LogP contribution is 2.24. The Bertz CT molecular complexity index is 412. The first kappa shape index (κ1) is 13.6. The molecule has 18 heavy (non-hydrogen) atoms. The van der Waals surface area contributed by atoms with Gasteiger partial charge in [-0.1, -0.05) is 23.8 Å². The summed E-state index contributed by atoms with van der Waals surface area (Å²) in [6.45, 7) is 10.5. The first-order valence-electron chi connectivity index (χ1n) is 6.90. The molecule has 1 N–H and O–H groups in total. The summed E-state index contributed by atoms with van der Waals surface area (Å²) in [6.07, 6.45) is 2.21. The molecular formula is C16H25NO. The second kappa shape index (κ2) is 5.41. The molecule has 0 amide bonds. The summed E-state index contributed by atoms with van der Waals surface area (Å²) >= 11 is 0. The van der Waals surface area contributed by atoms with Crippen LogP contribution in [0.5, 0.6) is 0 Å². The Hall–Kier alpha value is -0.860. The van der Waals surface area contributed by atoms with Crippen LogP contribution in [0.3, 0.4) is 0 Å². The Kier molecular flexibility index (Phi) is 4.08. The van der Waals surface area contributed by atoms with E-state index in [4.69, 9.17) is 4.74 Å². The van der Waals surface area contributed by atoms with Crippen molar-refractivity contribution in [3.8, 4) is 0 Å². The first-order valence-corrected chi connectivity index (χ1v) is 6.90. The predicted molar refractivity (Wildman–Crippen MR) is 75.8 cm³/mol. The molecule has 1 fully saturated rings. The molecule has 100 valence electrons. The van der Waals surface area contributed by atoms with Gasteiger partial charge in [0.2, 0.25) is 0 Å². The third kappa shape index (κ3) is 3.56. The highest BCUT2D eigenvalue weighted by atomic mass is 16.5. The lowest BCUT2D eigenvalue weighted by molar-refractivity contribution is -0.0630. The van der Waals surface area contributed by atoms with Crippen molar-refractivity contribution in [2.24, 2.45) is 0 Å². The van der Waals surface area contributed by atoms with Crippen molar-refractivity contribution in [2.75, 3.05) is 6.61 Å². The van der Waals surface area contributed by atoms with Gasteiger partial charge in [0.25, 0.3) is 0 Å². The van der Waals surface area contributed by atoms with E-state index in [9.17, 15) is 0 Å². The first-order chi connectivity index (χ1) is 8.46. The number of aryl methyl sites for hydroxylation is 2.